The fourth-order valence-electron chi connectivity index (χ4n) is 0. The molecule has 0 aromatic heterocycles. The molecule has 0 radical (unpaired) electrons. The van der Waals surface area contributed by atoms with Gasteiger partial charge in [0, 0.05) is 19.5 Å². The van der Waals surface area contributed by atoms with Gasteiger partial charge in [-0.25, -0.2) is 0 Å². The van der Waals surface area contributed by atoms with Gasteiger partial charge in [0.15, 0.2) is 0 Å². The summed E-state index contributed by atoms with van der Waals surface area (Å²) in [4.78, 5) is 16.0. The second kappa shape index (κ2) is 52.4. The molecule has 0 saturated carbocycles. The van der Waals surface area contributed by atoms with E-state index in [2.05, 4.69) is 0 Å². The zero-order chi connectivity index (χ0) is 5.41. The van der Waals surface area contributed by atoms with Gasteiger partial charge in [-0.1, -0.05) is 0 Å². The Hall–Kier alpha value is -0.577. The minimum absolute atomic E-state index is 0. The molecule has 0 rings (SSSR count). The van der Waals surface area contributed by atoms with Crippen LogP contribution in [0.25, 0.3) is 0 Å². The summed E-state index contributed by atoms with van der Waals surface area (Å²) in [5.74, 6) is 0. The molecule has 0 unspecified atom stereocenters. The first-order chi connectivity index (χ1) is 2.83. The molecule has 0 bridgehead atoms. The average Bonchev–Trinajstić information content (AvgIpc) is 1.39. The van der Waals surface area contributed by atoms with Gasteiger partial charge in [-0.2, -0.15) is 0 Å². The zero-order valence-electron chi connectivity index (χ0n) is 3.23. The van der Waals surface area contributed by atoms with Crippen molar-refractivity contribution in [3.63, 3.8) is 0 Å². The van der Waals surface area contributed by atoms with E-state index < -0.39 is 0 Å². The molecule has 0 saturated heterocycles. The first kappa shape index (κ1) is 16.1. The van der Waals surface area contributed by atoms with E-state index in [1.54, 1.807) is 0 Å². The topological polar surface area (TPSA) is 105 Å². The first-order valence-electron chi connectivity index (χ1n) is 0.730. The van der Waals surface area contributed by atoms with Crippen molar-refractivity contribution in [2.24, 2.45) is 10.7 Å². The molecule has 7 heteroatoms. The third-order valence-electron chi connectivity index (χ3n) is 0. The maximum atomic E-state index is 8.00. The fourth-order valence-corrected chi connectivity index (χ4v) is 0. The molecule has 0 aliphatic rings. The molecular weight excluding hydrogens is 157 g/mol. The van der Waals surface area contributed by atoms with E-state index in [1.165, 1.54) is 0 Å². The Balaban J connectivity index is -0.0000000400. The predicted molar refractivity (Wildman–Crippen MR) is 18.3 cm³/mol. The summed E-state index contributed by atoms with van der Waals surface area (Å²) in [7, 11) is 0. The Labute approximate surface area is 51.1 Å². The maximum absolute atomic E-state index is 8.00. The summed E-state index contributed by atoms with van der Waals surface area (Å²) in [6, 6.07) is 0. The minimum atomic E-state index is 0. The predicted octanol–water partition coefficient (Wildman–Crippen LogP) is 0.499. The van der Waals surface area contributed by atoms with Gasteiger partial charge in [0.05, 0.1) is 0 Å². The molecule has 0 aromatic carbocycles. The van der Waals surface area contributed by atoms with Gasteiger partial charge in [0.2, 0.25) is 0 Å². The summed E-state index contributed by atoms with van der Waals surface area (Å²) in [6.07, 6.45) is 0. The van der Waals surface area contributed by atoms with Crippen LogP contribution in [0.2, 0.25) is 0 Å². The molecule has 0 heterocycles. The average molecular weight is 157 g/mol. The minimum Gasteiger partial charge on any atom is -0.444 e. The molecule has 0 atom stereocenters. The standard InChI is InChI=1S/2HNO2.Zn/c2*2-1-3;/h2*(H,2,3);/p-2. The van der Waals surface area contributed by atoms with Crippen LogP contribution in [0, 0.1) is 20.2 Å². The largest absolute Gasteiger partial charge is 0.444 e. The molecule has 6 nitrogen and oxygen atoms in total. The molecule has 0 aliphatic carbocycles. The van der Waals surface area contributed by atoms with Gasteiger partial charge >= 0.3 is 0 Å². The fraction of sp³-hybridized carbons (Fsp3) is 0. The zero-order valence-corrected chi connectivity index (χ0v) is 6.20. The Morgan fingerprint density at radius 2 is 1.00 bits per heavy atom. The third-order valence-corrected chi connectivity index (χ3v) is 0. The number of hydrogen-bond donors (Lipinski definition) is 0. The van der Waals surface area contributed by atoms with Crippen LogP contribution in [-0.2, 0) is 19.5 Å². The molecule has 0 aliphatic heterocycles. The smallest absolute Gasteiger partial charge is 0 e. The molecule has 0 fully saturated rings. The SMILES string of the molecule is O=N[O-].O=N[O-].[Zn]. The Bertz CT molecular complexity index is 30.7. The Morgan fingerprint density at radius 3 is 1.00 bits per heavy atom. The second-order valence-electron chi connectivity index (χ2n) is 0.149. The van der Waals surface area contributed by atoms with E-state index >= 15 is 0 Å². The van der Waals surface area contributed by atoms with Crippen LogP contribution in [0.15, 0.2) is 10.7 Å². The van der Waals surface area contributed by atoms with Crippen molar-refractivity contribution in [2.45, 2.75) is 0 Å². The van der Waals surface area contributed by atoms with Crippen molar-refractivity contribution < 1.29 is 19.5 Å². The number of rotatable bonds is 0. The molecular formula is N2O4Zn-2. The monoisotopic (exact) mass is 156 g/mol. The van der Waals surface area contributed by atoms with Crippen molar-refractivity contribution in [1.82, 2.24) is 0 Å². The van der Waals surface area contributed by atoms with E-state index in [0.717, 1.165) is 10.7 Å². The molecule has 0 spiro atoms. The second-order valence-corrected chi connectivity index (χ2v) is 0.149. The van der Waals surface area contributed by atoms with Crippen LogP contribution < -0.4 is 0 Å². The van der Waals surface area contributed by atoms with E-state index in [-0.39, 0.29) is 19.5 Å². The van der Waals surface area contributed by atoms with E-state index in [1.807, 2.05) is 0 Å². The van der Waals surface area contributed by atoms with E-state index in [4.69, 9.17) is 20.2 Å². The Morgan fingerprint density at radius 1 is 1.00 bits per heavy atom. The van der Waals surface area contributed by atoms with Crippen LogP contribution in [0.4, 0.5) is 0 Å². The van der Waals surface area contributed by atoms with Gasteiger partial charge in [0.1, 0.15) is 0 Å². The summed E-state index contributed by atoms with van der Waals surface area (Å²) in [5, 5.41) is 18.0. The molecule has 7 heavy (non-hydrogen) atoms. The Kier molecular flexibility index (Phi) is 121. The third kappa shape index (κ3) is 191. The number of hydrogen-bond acceptors (Lipinski definition) is 6. The van der Waals surface area contributed by atoms with Crippen LogP contribution in [0.5, 0.6) is 0 Å². The van der Waals surface area contributed by atoms with Crippen molar-refractivity contribution in [1.29, 1.82) is 0 Å². The first-order valence-corrected chi connectivity index (χ1v) is 0.730. The van der Waals surface area contributed by atoms with Crippen LogP contribution in [-0.4, -0.2) is 0 Å². The van der Waals surface area contributed by atoms with Gasteiger partial charge < -0.3 is 20.2 Å². The van der Waals surface area contributed by atoms with Crippen molar-refractivity contribution >= 4 is 0 Å². The quantitative estimate of drug-likeness (QED) is 0.290. The molecule has 0 amide bonds. The van der Waals surface area contributed by atoms with Gasteiger partial charge in [-0.3, -0.25) is 0 Å². The summed E-state index contributed by atoms with van der Waals surface area (Å²) >= 11 is 0. The number of nitrogens with zero attached hydrogens (tertiary/aromatic N) is 2. The van der Waals surface area contributed by atoms with Crippen LogP contribution >= 0.6 is 0 Å². The van der Waals surface area contributed by atoms with Crippen molar-refractivity contribution in [3.8, 4) is 0 Å². The molecule has 0 aromatic rings. The van der Waals surface area contributed by atoms with Crippen molar-refractivity contribution in [2.75, 3.05) is 0 Å². The summed E-state index contributed by atoms with van der Waals surface area (Å²) in [6.45, 7) is 0. The van der Waals surface area contributed by atoms with Crippen LogP contribution in [0.3, 0.4) is 0 Å². The van der Waals surface area contributed by atoms with E-state index in [0.29, 0.717) is 0 Å². The van der Waals surface area contributed by atoms with Crippen molar-refractivity contribution in [3.05, 3.63) is 20.2 Å². The maximum Gasteiger partial charge on any atom is 0 e. The normalized spacial score (nSPS) is 3.43. The van der Waals surface area contributed by atoms with Gasteiger partial charge in [0.25, 0.3) is 0 Å². The van der Waals surface area contributed by atoms with E-state index in [9.17, 15) is 0 Å². The molecule has 38 valence electrons. The summed E-state index contributed by atoms with van der Waals surface area (Å²) < 4.78 is 0. The molecule has 0 N–H and O–H groups in total. The van der Waals surface area contributed by atoms with Crippen LogP contribution in [0.1, 0.15) is 0 Å². The van der Waals surface area contributed by atoms with Gasteiger partial charge in [-0.15, -0.1) is 10.7 Å². The van der Waals surface area contributed by atoms with Gasteiger partial charge in [-0.05, 0) is 0 Å². The summed E-state index contributed by atoms with van der Waals surface area (Å²) in [5.41, 5.74) is 0.